The summed E-state index contributed by atoms with van der Waals surface area (Å²) in [5.41, 5.74) is 0.971. The predicted octanol–water partition coefficient (Wildman–Crippen LogP) is 3.01. The van der Waals surface area contributed by atoms with E-state index in [0.717, 1.165) is 5.69 Å². The molecule has 21 heavy (non-hydrogen) atoms. The van der Waals surface area contributed by atoms with Crippen LogP contribution in [0.25, 0.3) is 0 Å². The van der Waals surface area contributed by atoms with Crippen molar-refractivity contribution in [2.45, 2.75) is 25.9 Å². The highest BCUT2D eigenvalue weighted by atomic mass is 32.1. The summed E-state index contributed by atoms with van der Waals surface area (Å²) in [5.74, 6) is 0.0289. The van der Waals surface area contributed by atoms with Crippen LogP contribution in [-0.4, -0.2) is 29.4 Å². The number of nitrogens with one attached hydrogen (secondary N) is 1. The van der Waals surface area contributed by atoms with Crippen LogP contribution < -0.4 is 5.32 Å². The number of carbonyl (C=O) groups excluding carboxylic acids is 1. The molecule has 0 aromatic carbocycles. The van der Waals surface area contributed by atoms with Gasteiger partial charge in [0.1, 0.15) is 0 Å². The monoisotopic (exact) mass is 303 g/mol. The van der Waals surface area contributed by atoms with E-state index in [-0.39, 0.29) is 18.0 Å². The molecule has 0 unspecified atom stereocenters. The van der Waals surface area contributed by atoms with E-state index >= 15 is 0 Å². The van der Waals surface area contributed by atoms with Crippen LogP contribution in [0.3, 0.4) is 0 Å². The third-order valence-corrected chi connectivity index (χ3v) is 4.57. The molecule has 0 fully saturated rings. The van der Waals surface area contributed by atoms with Gasteiger partial charge in [-0.3, -0.25) is 14.7 Å². The lowest BCUT2D eigenvalue weighted by Gasteiger charge is -2.24. The third kappa shape index (κ3) is 4.37. The fourth-order valence-electron chi connectivity index (χ4n) is 2.11. The van der Waals surface area contributed by atoms with E-state index in [1.165, 1.54) is 4.88 Å². The number of amides is 1. The molecule has 0 spiro atoms. The lowest BCUT2D eigenvalue weighted by atomic mass is 10.2. The van der Waals surface area contributed by atoms with E-state index in [4.69, 9.17) is 0 Å². The fourth-order valence-corrected chi connectivity index (χ4v) is 2.84. The number of hydrogen-bond donors (Lipinski definition) is 1. The minimum Gasteiger partial charge on any atom is -0.348 e. The fraction of sp³-hybridized carbons (Fsp3) is 0.375. The summed E-state index contributed by atoms with van der Waals surface area (Å²) in [6.45, 7) is 4.41. The Hall–Kier alpha value is -1.72. The Morgan fingerprint density at radius 1 is 1.33 bits per heavy atom. The van der Waals surface area contributed by atoms with Gasteiger partial charge in [-0.1, -0.05) is 12.1 Å². The van der Waals surface area contributed by atoms with Crippen molar-refractivity contribution in [2.75, 3.05) is 13.6 Å². The largest absolute Gasteiger partial charge is 0.348 e. The Bertz CT molecular complexity index is 556. The highest BCUT2D eigenvalue weighted by molar-refractivity contribution is 7.10. The first kappa shape index (κ1) is 15.7. The summed E-state index contributed by atoms with van der Waals surface area (Å²) in [7, 11) is 1.94. The van der Waals surface area contributed by atoms with E-state index in [0.29, 0.717) is 6.54 Å². The van der Waals surface area contributed by atoms with Crippen LogP contribution in [0.15, 0.2) is 41.9 Å². The Kier molecular flexibility index (Phi) is 5.47. The summed E-state index contributed by atoms with van der Waals surface area (Å²) in [6.07, 6.45) is 1.78. The molecule has 0 aliphatic heterocycles. The highest BCUT2D eigenvalue weighted by Crippen LogP contribution is 2.19. The van der Waals surface area contributed by atoms with Crippen molar-refractivity contribution < 1.29 is 4.79 Å². The van der Waals surface area contributed by atoms with Crippen LogP contribution in [0.2, 0.25) is 0 Å². The second-order valence-electron chi connectivity index (χ2n) is 5.15. The molecule has 2 heterocycles. The van der Waals surface area contributed by atoms with Gasteiger partial charge in [0.2, 0.25) is 5.91 Å². The van der Waals surface area contributed by atoms with Crippen molar-refractivity contribution in [3.8, 4) is 0 Å². The zero-order valence-electron chi connectivity index (χ0n) is 12.6. The second kappa shape index (κ2) is 7.33. The van der Waals surface area contributed by atoms with Crippen LogP contribution in [0, 0.1) is 0 Å². The van der Waals surface area contributed by atoms with E-state index in [9.17, 15) is 4.79 Å². The lowest BCUT2D eigenvalue weighted by molar-refractivity contribution is -0.123. The number of pyridine rings is 1. The molecule has 2 rings (SSSR count). The van der Waals surface area contributed by atoms with Gasteiger partial charge >= 0.3 is 0 Å². The number of rotatable bonds is 6. The Balaban J connectivity index is 1.87. The topological polar surface area (TPSA) is 45.2 Å². The number of carbonyl (C=O) groups is 1. The summed E-state index contributed by atoms with van der Waals surface area (Å²) < 4.78 is 0. The number of aromatic nitrogens is 1. The molecule has 0 radical (unpaired) electrons. The molecule has 0 saturated carbocycles. The first-order valence-corrected chi connectivity index (χ1v) is 7.90. The standard InChI is InChI=1S/C16H21N3OS/c1-12(15-8-6-10-21-15)18-16(20)11-19(3)13(2)14-7-4-5-9-17-14/h4-10,12-13H,11H2,1-3H3,(H,18,20)/t12-,13+/m0/s1. The summed E-state index contributed by atoms with van der Waals surface area (Å²) >= 11 is 1.66. The molecule has 1 amide bonds. The number of hydrogen-bond acceptors (Lipinski definition) is 4. The molecule has 2 aromatic rings. The van der Waals surface area contributed by atoms with Crippen molar-refractivity contribution >= 4 is 17.2 Å². The van der Waals surface area contributed by atoms with Crippen molar-refractivity contribution in [2.24, 2.45) is 0 Å². The molecule has 0 bridgehead atoms. The van der Waals surface area contributed by atoms with Crippen LogP contribution in [0.1, 0.15) is 36.5 Å². The van der Waals surface area contributed by atoms with Gasteiger partial charge in [-0.25, -0.2) is 0 Å². The number of nitrogens with zero attached hydrogens (tertiary/aromatic N) is 2. The smallest absolute Gasteiger partial charge is 0.234 e. The molecule has 112 valence electrons. The van der Waals surface area contributed by atoms with Crippen molar-refractivity contribution in [1.29, 1.82) is 0 Å². The minimum absolute atomic E-state index is 0.0289. The van der Waals surface area contributed by atoms with Crippen LogP contribution >= 0.6 is 11.3 Å². The van der Waals surface area contributed by atoms with E-state index in [2.05, 4.69) is 17.2 Å². The Morgan fingerprint density at radius 2 is 2.14 bits per heavy atom. The summed E-state index contributed by atoms with van der Waals surface area (Å²) in [6, 6.07) is 10.0. The Morgan fingerprint density at radius 3 is 2.76 bits per heavy atom. The molecule has 2 aromatic heterocycles. The lowest BCUT2D eigenvalue weighted by Crippen LogP contribution is -2.37. The quantitative estimate of drug-likeness (QED) is 0.892. The molecular formula is C16H21N3OS. The predicted molar refractivity (Wildman–Crippen MR) is 86.2 cm³/mol. The first-order chi connectivity index (χ1) is 10.1. The molecule has 4 nitrogen and oxygen atoms in total. The van der Waals surface area contributed by atoms with Crippen LogP contribution in [0.4, 0.5) is 0 Å². The van der Waals surface area contributed by atoms with Gasteiger partial charge in [0.25, 0.3) is 0 Å². The van der Waals surface area contributed by atoms with Crippen molar-refractivity contribution in [3.63, 3.8) is 0 Å². The van der Waals surface area contributed by atoms with E-state index in [1.807, 2.05) is 54.6 Å². The molecule has 0 aliphatic carbocycles. The van der Waals surface area contributed by atoms with Gasteiger partial charge < -0.3 is 5.32 Å². The van der Waals surface area contributed by atoms with Gasteiger partial charge in [0.05, 0.1) is 18.3 Å². The van der Waals surface area contributed by atoms with E-state index < -0.39 is 0 Å². The molecular weight excluding hydrogens is 282 g/mol. The summed E-state index contributed by atoms with van der Waals surface area (Å²) in [4.78, 5) is 19.6. The van der Waals surface area contributed by atoms with Crippen molar-refractivity contribution in [1.82, 2.24) is 15.2 Å². The first-order valence-electron chi connectivity index (χ1n) is 7.02. The van der Waals surface area contributed by atoms with Gasteiger partial charge in [0.15, 0.2) is 0 Å². The SMILES string of the molecule is C[C@H](NC(=O)CN(C)[C@H](C)c1ccccn1)c1cccs1. The van der Waals surface area contributed by atoms with Crippen LogP contribution in [0.5, 0.6) is 0 Å². The van der Waals surface area contributed by atoms with Gasteiger partial charge in [-0.05, 0) is 44.5 Å². The summed E-state index contributed by atoms with van der Waals surface area (Å²) in [5, 5.41) is 5.05. The third-order valence-electron chi connectivity index (χ3n) is 3.52. The maximum Gasteiger partial charge on any atom is 0.234 e. The normalized spacial score (nSPS) is 13.9. The highest BCUT2D eigenvalue weighted by Gasteiger charge is 2.17. The zero-order chi connectivity index (χ0) is 15.2. The number of likely N-dealkylation sites (N-methyl/N-ethyl adjacent to an activating group) is 1. The van der Waals surface area contributed by atoms with E-state index in [1.54, 1.807) is 17.5 Å². The van der Waals surface area contributed by atoms with Crippen LogP contribution in [-0.2, 0) is 4.79 Å². The maximum absolute atomic E-state index is 12.1. The molecule has 1 N–H and O–H groups in total. The Labute approximate surface area is 129 Å². The molecule has 0 aliphatic rings. The second-order valence-corrected chi connectivity index (χ2v) is 6.13. The average molecular weight is 303 g/mol. The van der Waals surface area contributed by atoms with Gasteiger partial charge in [-0.15, -0.1) is 11.3 Å². The maximum atomic E-state index is 12.1. The van der Waals surface area contributed by atoms with Gasteiger partial charge in [-0.2, -0.15) is 0 Å². The zero-order valence-corrected chi connectivity index (χ0v) is 13.4. The number of thiophene rings is 1. The molecule has 5 heteroatoms. The molecule has 0 saturated heterocycles. The van der Waals surface area contributed by atoms with Gasteiger partial charge in [0, 0.05) is 17.1 Å². The minimum atomic E-state index is 0.0289. The average Bonchev–Trinajstić information content (AvgIpc) is 3.01. The molecule has 2 atom stereocenters. The van der Waals surface area contributed by atoms with Crippen molar-refractivity contribution in [3.05, 3.63) is 52.5 Å².